The maximum atomic E-state index is 12.5. The predicted molar refractivity (Wildman–Crippen MR) is 75.9 cm³/mol. The molecule has 0 radical (unpaired) electrons. The van der Waals surface area contributed by atoms with E-state index in [2.05, 4.69) is 15.7 Å². The van der Waals surface area contributed by atoms with Crippen molar-refractivity contribution < 1.29 is 9.59 Å². The van der Waals surface area contributed by atoms with Gasteiger partial charge in [-0.1, -0.05) is 0 Å². The Bertz CT molecular complexity index is 457. The van der Waals surface area contributed by atoms with Crippen molar-refractivity contribution in [1.82, 2.24) is 25.3 Å². The van der Waals surface area contributed by atoms with Crippen LogP contribution in [0.15, 0.2) is 12.4 Å². The zero-order chi connectivity index (χ0) is 15.1. The second-order valence-corrected chi connectivity index (χ2v) is 4.47. The smallest absolute Gasteiger partial charge is 0.244 e. The third kappa shape index (κ3) is 4.06. The molecule has 1 atom stereocenters. The number of aromatic nitrogens is 2. The molecule has 0 aromatic carbocycles. The molecule has 7 heteroatoms. The summed E-state index contributed by atoms with van der Waals surface area (Å²) in [6.07, 6.45) is 3.44. The van der Waals surface area contributed by atoms with Crippen molar-refractivity contribution in [2.75, 3.05) is 26.7 Å². The van der Waals surface area contributed by atoms with Crippen LogP contribution < -0.4 is 10.6 Å². The lowest BCUT2D eigenvalue weighted by Gasteiger charge is -2.25. The average Bonchev–Trinajstić information content (AvgIpc) is 2.83. The summed E-state index contributed by atoms with van der Waals surface area (Å²) < 4.78 is 1.65. The van der Waals surface area contributed by atoms with Crippen LogP contribution in [0.5, 0.6) is 0 Å². The number of nitrogens with zero attached hydrogens (tertiary/aromatic N) is 3. The Kier molecular flexibility index (Phi) is 6.17. The van der Waals surface area contributed by atoms with Crippen molar-refractivity contribution in [3.8, 4) is 0 Å². The van der Waals surface area contributed by atoms with E-state index in [0.717, 1.165) is 5.56 Å². The van der Waals surface area contributed by atoms with E-state index in [1.54, 1.807) is 31.2 Å². The standard InChI is InChI=1S/C13H23N5O2/c1-5-15-11(19)9-18(6-2)13(20)12(14-3)10-7-16-17(4)8-10/h7-8,12,14H,5-6,9H2,1-4H3,(H,15,19). The summed E-state index contributed by atoms with van der Waals surface area (Å²) in [5.41, 5.74) is 0.786. The minimum Gasteiger partial charge on any atom is -0.355 e. The van der Waals surface area contributed by atoms with Gasteiger partial charge in [0.15, 0.2) is 0 Å². The van der Waals surface area contributed by atoms with Crippen molar-refractivity contribution in [1.29, 1.82) is 0 Å². The molecule has 1 heterocycles. The molecule has 1 aromatic rings. The summed E-state index contributed by atoms with van der Waals surface area (Å²) in [7, 11) is 3.52. The van der Waals surface area contributed by atoms with Gasteiger partial charge in [0.1, 0.15) is 6.04 Å². The molecule has 0 aliphatic rings. The van der Waals surface area contributed by atoms with Crippen LogP contribution in [0.2, 0.25) is 0 Å². The molecule has 0 saturated carbocycles. The van der Waals surface area contributed by atoms with Crippen LogP contribution in [0.4, 0.5) is 0 Å². The van der Waals surface area contributed by atoms with Gasteiger partial charge < -0.3 is 15.5 Å². The van der Waals surface area contributed by atoms with Gasteiger partial charge in [0, 0.05) is 31.9 Å². The highest BCUT2D eigenvalue weighted by Crippen LogP contribution is 2.14. The number of carbonyl (C=O) groups excluding carboxylic acids is 2. The third-order valence-corrected chi connectivity index (χ3v) is 3.00. The van der Waals surface area contributed by atoms with Crippen molar-refractivity contribution in [2.24, 2.45) is 7.05 Å². The van der Waals surface area contributed by atoms with E-state index in [1.807, 2.05) is 13.8 Å². The van der Waals surface area contributed by atoms with Gasteiger partial charge in [-0.3, -0.25) is 14.3 Å². The number of likely N-dealkylation sites (N-methyl/N-ethyl adjacent to an activating group) is 3. The summed E-state index contributed by atoms with van der Waals surface area (Å²) >= 11 is 0. The molecule has 0 spiro atoms. The van der Waals surface area contributed by atoms with Crippen LogP contribution >= 0.6 is 0 Å². The minimum absolute atomic E-state index is 0.0710. The zero-order valence-electron chi connectivity index (χ0n) is 12.5. The summed E-state index contributed by atoms with van der Waals surface area (Å²) in [6.45, 7) is 4.81. The molecule has 2 N–H and O–H groups in total. The fourth-order valence-corrected chi connectivity index (χ4v) is 1.98. The number of rotatable bonds is 7. The van der Waals surface area contributed by atoms with Gasteiger partial charge in [-0.15, -0.1) is 0 Å². The van der Waals surface area contributed by atoms with Crippen molar-refractivity contribution in [2.45, 2.75) is 19.9 Å². The highest BCUT2D eigenvalue weighted by molar-refractivity contribution is 5.88. The molecule has 2 amide bonds. The molecule has 0 aliphatic heterocycles. The number of amides is 2. The van der Waals surface area contributed by atoms with Crippen molar-refractivity contribution >= 4 is 11.8 Å². The molecule has 1 unspecified atom stereocenters. The monoisotopic (exact) mass is 281 g/mol. The maximum absolute atomic E-state index is 12.5. The van der Waals surface area contributed by atoms with Crippen molar-refractivity contribution in [3.63, 3.8) is 0 Å². The first-order valence-electron chi connectivity index (χ1n) is 6.74. The minimum atomic E-state index is -0.488. The maximum Gasteiger partial charge on any atom is 0.244 e. The largest absolute Gasteiger partial charge is 0.355 e. The van der Waals surface area contributed by atoms with Gasteiger partial charge in [-0.2, -0.15) is 5.10 Å². The number of hydrogen-bond donors (Lipinski definition) is 2. The van der Waals surface area contributed by atoms with Crippen LogP contribution in [0.3, 0.4) is 0 Å². The first-order chi connectivity index (χ1) is 9.53. The van der Waals surface area contributed by atoms with Crippen molar-refractivity contribution in [3.05, 3.63) is 18.0 Å². The Morgan fingerprint density at radius 1 is 1.45 bits per heavy atom. The predicted octanol–water partition coefficient (Wildman–Crippen LogP) is -0.335. The zero-order valence-corrected chi connectivity index (χ0v) is 12.5. The molecular formula is C13H23N5O2. The lowest BCUT2D eigenvalue weighted by atomic mass is 10.1. The number of carbonyl (C=O) groups is 2. The number of nitrogens with one attached hydrogen (secondary N) is 2. The molecular weight excluding hydrogens is 258 g/mol. The molecule has 20 heavy (non-hydrogen) atoms. The first-order valence-corrected chi connectivity index (χ1v) is 6.74. The summed E-state index contributed by atoms with van der Waals surface area (Å²) in [6, 6.07) is -0.488. The molecule has 112 valence electrons. The van der Waals surface area contributed by atoms with Crippen LogP contribution in [-0.4, -0.2) is 53.2 Å². The highest BCUT2D eigenvalue weighted by atomic mass is 16.2. The second kappa shape index (κ2) is 7.64. The SMILES string of the molecule is CCNC(=O)CN(CC)C(=O)C(NC)c1cnn(C)c1. The Hall–Kier alpha value is -1.89. The lowest BCUT2D eigenvalue weighted by molar-refractivity contribution is -0.137. The van der Waals surface area contributed by atoms with Gasteiger partial charge in [0.2, 0.25) is 11.8 Å². The van der Waals surface area contributed by atoms with E-state index in [0.29, 0.717) is 13.1 Å². The summed E-state index contributed by atoms with van der Waals surface area (Å²) in [4.78, 5) is 25.7. The van der Waals surface area contributed by atoms with Gasteiger partial charge in [-0.05, 0) is 20.9 Å². The van der Waals surface area contributed by atoms with Gasteiger partial charge >= 0.3 is 0 Å². The highest BCUT2D eigenvalue weighted by Gasteiger charge is 2.25. The van der Waals surface area contributed by atoms with E-state index < -0.39 is 6.04 Å². The second-order valence-electron chi connectivity index (χ2n) is 4.47. The van der Waals surface area contributed by atoms with E-state index in [4.69, 9.17) is 0 Å². The molecule has 0 saturated heterocycles. The van der Waals surface area contributed by atoms with Gasteiger partial charge in [0.05, 0.1) is 12.7 Å². The van der Waals surface area contributed by atoms with E-state index in [9.17, 15) is 9.59 Å². The van der Waals surface area contributed by atoms with Crippen LogP contribution in [-0.2, 0) is 16.6 Å². The third-order valence-electron chi connectivity index (χ3n) is 3.00. The van der Waals surface area contributed by atoms with E-state index in [-0.39, 0.29) is 18.4 Å². The Morgan fingerprint density at radius 3 is 2.60 bits per heavy atom. The fourth-order valence-electron chi connectivity index (χ4n) is 1.98. The van der Waals surface area contributed by atoms with Crippen LogP contribution in [0, 0.1) is 0 Å². The first kappa shape index (κ1) is 16.2. The number of aryl methyl sites for hydroxylation is 1. The average molecular weight is 281 g/mol. The molecule has 0 fully saturated rings. The topological polar surface area (TPSA) is 79.3 Å². The van der Waals surface area contributed by atoms with E-state index in [1.165, 1.54) is 4.90 Å². The summed E-state index contributed by atoms with van der Waals surface area (Å²) in [5.74, 6) is -0.280. The summed E-state index contributed by atoms with van der Waals surface area (Å²) in [5, 5.41) is 9.74. The Labute approximate surface area is 119 Å². The van der Waals surface area contributed by atoms with Gasteiger partial charge in [0.25, 0.3) is 0 Å². The van der Waals surface area contributed by atoms with Gasteiger partial charge in [-0.25, -0.2) is 0 Å². The molecule has 7 nitrogen and oxygen atoms in total. The normalized spacial score (nSPS) is 12.0. The number of hydrogen-bond acceptors (Lipinski definition) is 4. The van der Waals surface area contributed by atoms with Crippen LogP contribution in [0.1, 0.15) is 25.5 Å². The molecule has 1 aromatic heterocycles. The molecule has 1 rings (SSSR count). The molecule has 0 aliphatic carbocycles. The fraction of sp³-hybridized carbons (Fsp3) is 0.615. The molecule has 0 bridgehead atoms. The lowest BCUT2D eigenvalue weighted by Crippen LogP contribution is -2.45. The quantitative estimate of drug-likeness (QED) is 0.717. The van der Waals surface area contributed by atoms with E-state index >= 15 is 0 Å². The Balaban J connectivity index is 2.79. The van der Waals surface area contributed by atoms with Crippen LogP contribution in [0.25, 0.3) is 0 Å². The Morgan fingerprint density at radius 2 is 2.15 bits per heavy atom.